The monoisotopic (exact) mass is 347 g/mol. The summed E-state index contributed by atoms with van der Waals surface area (Å²) in [5.41, 5.74) is 4.19. The maximum Gasteiger partial charge on any atom is 0.189 e. The molecule has 0 N–H and O–H groups in total. The van der Waals surface area contributed by atoms with Gasteiger partial charge >= 0.3 is 0 Å². The van der Waals surface area contributed by atoms with Crippen molar-refractivity contribution in [1.82, 2.24) is 4.90 Å². The van der Waals surface area contributed by atoms with Gasteiger partial charge in [0.1, 0.15) is 5.75 Å². The summed E-state index contributed by atoms with van der Waals surface area (Å²) in [7, 11) is 1.67. The molecule has 0 aromatic heterocycles. The average Bonchev–Trinajstić information content (AvgIpc) is 3.00. The lowest BCUT2D eigenvalue weighted by Crippen LogP contribution is -2.32. The minimum atomic E-state index is 0.186. The normalized spacial score (nSPS) is 19.7. The van der Waals surface area contributed by atoms with E-state index in [1.165, 1.54) is 5.56 Å². The minimum absolute atomic E-state index is 0.186. The summed E-state index contributed by atoms with van der Waals surface area (Å²) in [5, 5.41) is 0. The Balaban J connectivity index is 1.39. The lowest BCUT2D eigenvalue weighted by Gasteiger charge is -2.30. The largest absolute Gasteiger partial charge is 0.496 e. The molecule has 0 amide bonds. The topological polar surface area (TPSA) is 29.5 Å². The zero-order valence-corrected chi connectivity index (χ0v) is 15.3. The number of benzene rings is 2. The summed E-state index contributed by atoms with van der Waals surface area (Å²) in [6.45, 7) is 3.20. The second-order valence-corrected chi connectivity index (χ2v) is 7.28. The summed E-state index contributed by atoms with van der Waals surface area (Å²) < 4.78 is 5.43. The lowest BCUT2D eigenvalue weighted by atomic mass is 9.93. The highest BCUT2D eigenvalue weighted by atomic mass is 16.5. The number of Topliss-reactive ketones (excluding diaryl/α,β-unsaturated/α-hetero) is 1. The number of carbonyl (C=O) groups excluding carboxylic acids is 1. The molecular formula is C23H25NO2. The van der Waals surface area contributed by atoms with Crippen molar-refractivity contribution < 1.29 is 9.53 Å². The van der Waals surface area contributed by atoms with E-state index in [1.54, 1.807) is 7.11 Å². The van der Waals surface area contributed by atoms with Crippen LogP contribution >= 0.6 is 0 Å². The van der Waals surface area contributed by atoms with Gasteiger partial charge in [-0.3, -0.25) is 9.69 Å². The van der Waals surface area contributed by atoms with Crippen LogP contribution in [0.3, 0.4) is 0 Å². The lowest BCUT2D eigenvalue weighted by molar-refractivity contribution is 0.103. The van der Waals surface area contributed by atoms with Gasteiger partial charge in [0.25, 0.3) is 0 Å². The first kappa shape index (κ1) is 17.0. The van der Waals surface area contributed by atoms with Crippen molar-refractivity contribution in [3.8, 4) is 5.75 Å². The number of rotatable bonds is 4. The van der Waals surface area contributed by atoms with Crippen molar-refractivity contribution in [3.05, 3.63) is 76.9 Å². The molecular weight excluding hydrogens is 322 g/mol. The molecule has 3 heteroatoms. The number of likely N-dealkylation sites (tertiary alicyclic amines) is 1. The molecule has 2 aromatic carbocycles. The molecule has 0 radical (unpaired) electrons. The van der Waals surface area contributed by atoms with E-state index in [0.717, 1.165) is 54.9 Å². The van der Waals surface area contributed by atoms with Crippen LogP contribution in [0.4, 0.5) is 0 Å². The molecule has 3 nitrogen and oxygen atoms in total. The Morgan fingerprint density at radius 3 is 2.58 bits per heavy atom. The SMILES string of the molecule is COc1cccc2c1C/C(=C\C1CCN(Cc3ccccc3)CC1)C2=O. The van der Waals surface area contributed by atoms with Gasteiger partial charge in [0.2, 0.25) is 0 Å². The second-order valence-electron chi connectivity index (χ2n) is 7.28. The van der Waals surface area contributed by atoms with Crippen molar-refractivity contribution in [2.24, 2.45) is 5.92 Å². The number of hydrogen-bond acceptors (Lipinski definition) is 3. The van der Waals surface area contributed by atoms with Gasteiger partial charge in [0.05, 0.1) is 7.11 Å². The van der Waals surface area contributed by atoms with E-state index in [1.807, 2.05) is 18.2 Å². The third-order valence-corrected chi connectivity index (χ3v) is 5.57. The highest BCUT2D eigenvalue weighted by molar-refractivity contribution is 6.13. The van der Waals surface area contributed by atoms with Crippen LogP contribution in [0.25, 0.3) is 0 Å². The predicted molar refractivity (Wildman–Crippen MR) is 104 cm³/mol. The van der Waals surface area contributed by atoms with Gasteiger partial charge in [-0.2, -0.15) is 0 Å². The van der Waals surface area contributed by atoms with Crippen molar-refractivity contribution in [3.63, 3.8) is 0 Å². The molecule has 1 aliphatic heterocycles. The van der Waals surface area contributed by atoms with Gasteiger partial charge in [0, 0.05) is 29.7 Å². The third-order valence-electron chi connectivity index (χ3n) is 5.57. The summed E-state index contributed by atoms with van der Waals surface area (Å²) in [5.74, 6) is 1.52. The van der Waals surface area contributed by atoms with Gasteiger partial charge in [0.15, 0.2) is 5.78 Å². The van der Waals surface area contributed by atoms with Crippen molar-refractivity contribution in [2.45, 2.75) is 25.8 Å². The van der Waals surface area contributed by atoms with Crippen LogP contribution in [0, 0.1) is 5.92 Å². The third kappa shape index (κ3) is 3.45. The van der Waals surface area contributed by atoms with E-state index in [-0.39, 0.29) is 5.78 Å². The van der Waals surface area contributed by atoms with Gasteiger partial charge in [-0.05, 0) is 43.5 Å². The Hall–Kier alpha value is -2.39. The summed E-state index contributed by atoms with van der Waals surface area (Å²) >= 11 is 0. The number of methoxy groups -OCH3 is 1. The Morgan fingerprint density at radius 1 is 1.08 bits per heavy atom. The summed E-state index contributed by atoms with van der Waals surface area (Å²) in [4.78, 5) is 15.2. The maximum atomic E-state index is 12.7. The van der Waals surface area contributed by atoms with Crippen LogP contribution < -0.4 is 4.74 Å². The molecule has 1 heterocycles. The first-order chi connectivity index (χ1) is 12.7. The molecule has 0 saturated carbocycles. The Labute approximate surface area is 155 Å². The van der Waals surface area contributed by atoms with E-state index in [0.29, 0.717) is 12.3 Å². The molecule has 4 rings (SSSR count). The molecule has 1 fully saturated rings. The maximum absolute atomic E-state index is 12.7. The smallest absolute Gasteiger partial charge is 0.189 e. The number of allylic oxidation sites excluding steroid dienone is 2. The van der Waals surface area contributed by atoms with E-state index in [9.17, 15) is 4.79 Å². The highest BCUT2D eigenvalue weighted by Gasteiger charge is 2.28. The number of hydrogen-bond donors (Lipinski definition) is 0. The van der Waals surface area contributed by atoms with Crippen molar-refractivity contribution >= 4 is 5.78 Å². The van der Waals surface area contributed by atoms with Gasteiger partial charge in [-0.15, -0.1) is 0 Å². The van der Waals surface area contributed by atoms with E-state index >= 15 is 0 Å². The number of carbonyl (C=O) groups is 1. The molecule has 1 aliphatic carbocycles. The Bertz CT molecular complexity index is 817. The average molecular weight is 347 g/mol. The van der Waals surface area contributed by atoms with Crippen LogP contribution in [0.2, 0.25) is 0 Å². The number of ketones is 1. The van der Waals surface area contributed by atoms with Gasteiger partial charge in [-0.1, -0.05) is 48.5 Å². The van der Waals surface area contributed by atoms with E-state index < -0.39 is 0 Å². The van der Waals surface area contributed by atoms with Crippen molar-refractivity contribution in [1.29, 1.82) is 0 Å². The fourth-order valence-corrected chi connectivity index (χ4v) is 4.13. The zero-order chi connectivity index (χ0) is 17.9. The number of ether oxygens (including phenoxy) is 1. The molecule has 0 bridgehead atoms. The predicted octanol–water partition coefficient (Wildman–Crippen LogP) is 4.27. The first-order valence-corrected chi connectivity index (χ1v) is 9.42. The number of piperidine rings is 1. The second kappa shape index (κ2) is 7.46. The first-order valence-electron chi connectivity index (χ1n) is 9.42. The summed E-state index contributed by atoms with van der Waals surface area (Å²) in [6.07, 6.45) is 5.19. The molecule has 1 saturated heterocycles. The Morgan fingerprint density at radius 2 is 1.85 bits per heavy atom. The van der Waals surface area contributed by atoms with E-state index in [4.69, 9.17) is 4.74 Å². The molecule has 2 aromatic rings. The Kier molecular flexibility index (Phi) is 4.89. The molecule has 0 atom stereocenters. The fourth-order valence-electron chi connectivity index (χ4n) is 4.13. The van der Waals surface area contributed by atoms with Gasteiger partial charge < -0.3 is 4.74 Å². The van der Waals surface area contributed by atoms with Crippen LogP contribution in [-0.4, -0.2) is 30.9 Å². The minimum Gasteiger partial charge on any atom is -0.496 e. The standard InChI is InChI=1S/C23H25NO2/c1-26-22-9-5-8-20-21(22)15-19(23(20)25)14-17-10-12-24(13-11-17)16-18-6-3-2-4-7-18/h2-9,14,17H,10-13,15-16H2,1H3/b19-14+. The van der Waals surface area contributed by atoms with Crippen LogP contribution in [0.1, 0.15) is 34.3 Å². The van der Waals surface area contributed by atoms with Gasteiger partial charge in [-0.25, -0.2) is 0 Å². The van der Waals surface area contributed by atoms with Crippen LogP contribution in [0.5, 0.6) is 5.75 Å². The molecule has 0 unspecified atom stereocenters. The number of fused-ring (bicyclic) bond motifs is 1. The molecule has 0 spiro atoms. The quantitative estimate of drug-likeness (QED) is 0.774. The fraction of sp³-hybridized carbons (Fsp3) is 0.348. The van der Waals surface area contributed by atoms with Crippen LogP contribution in [-0.2, 0) is 13.0 Å². The van der Waals surface area contributed by atoms with Crippen LogP contribution in [0.15, 0.2) is 60.2 Å². The van der Waals surface area contributed by atoms with Crippen molar-refractivity contribution in [2.75, 3.05) is 20.2 Å². The highest BCUT2D eigenvalue weighted by Crippen LogP contribution is 2.34. The zero-order valence-electron chi connectivity index (χ0n) is 15.3. The number of nitrogens with zero attached hydrogens (tertiary/aromatic N) is 1. The molecule has 134 valence electrons. The summed E-state index contributed by atoms with van der Waals surface area (Å²) in [6, 6.07) is 16.4. The van der Waals surface area contributed by atoms with E-state index in [2.05, 4.69) is 41.3 Å². The molecule has 2 aliphatic rings. The molecule has 26 heavy (non-hydrogen) atoms.